The summed E-state index contributed by atoms with van der Waals surface area (Å²) < 4.78 is 5.00. The van der Waals surface area contributed by atoms with Crippen molar-refractivity contribution in [1.29, 1.82) is 0 Å². The van der Waals surface area contributed by atoms with Gasteiger partial charge in [0.15, 0.2) is 0 Å². The Kier molecular flexibility index (Phi) is 5.14. The zero-order valence-electron chi connectivity index (χ0n) is 15.9. The average Bonchev–Trinajstić information content (AvgIpc) is 3.16. The van der Waals surface area contributed by atoms with Gasteiger partial charge in [-0.2, -0.15) is 0 Å². The minimum atomic E-state index is -0.348. The van der Waals surface area contributed by atoms with Crippen LogP contribution in [0.2, 0.25) is 0 Å². The number of aryl methyl sites for hydroxylation is 1. The Balaban J connectivity index is 1.39. The van der Waals surface area contributed by atoms with Crippen LogP contribution < -0.4 is 10.2 Å². The third-order valence-electron chi connectivity index (χ3n) is 5.49. The van der Waals surface area contributed by atoms with Crippen LogP contribution in [0.4, 0.5) is 21.0 Å². The number of ether oxygens (including phenoxy) is 1. The van der Waals surface area contributed by atoms with Gasteiger partial charge in [-0.15, -0.1) is 0 Å². The fraction of sp³-hybridized carbons (Fsp3) is 0.381. The van der Waals surface area contributed by atoms with Gasteiger partial charge >= 0.3 is 12.1 Å². The zero-order chi connectivity index (χ0) is 19.5. The van der Waals surface area contributed by atoms with Crippen molar-refractivity contribution in [2.24, 2.45) is 0 Å². The Morgan fingerprint density at radius 3 is 2.57 bits per heavy atom. The molecule has 7 nitrogen and oxygen atoms in total. The molecule has 2 saturated heterocycles. The summed E-state index contributed by atoms with van der Waals surface area (Å²) in [6.07, 6.45) is 5.17. The first-order valence-corrected chi connectivity index (χ1v) is 9.62. The van der Waals surface area contributed by atoms with Crippen LogP contribution in [0.1, 0.15) is 29.9 Å². The number of nitrogens with one attached hydrogen (secondary N) is 1. The van der Waals surface area contributed by atoms with Crippen LogP contribution in [-0.4, -0.2) is 48.2 Å². The fourth-order valence-corrected chi connectivity index (χ4v) is 3.79. The van der Waals surface area contributed by atoms with Crippen LogP contribution in [0.25, 0.3) is 0 Å². The van der Waals surface area contributed by atoms with Gasteiger partial charge in [-0.25, -0.2) is 9.59 Å². The molecule has 1 aromatic carbocycles. The van der Waals surface area contributed by atoms with Crippen molar-refractivity contribution in [3.05, 3.63) is 53.9 Å². The number of aromatic nitrogens is 1. The summed E-state index contributed by atoms with van der Waals surface area (Å²) in [6.45, 7) is 4.29. The maximum atomic E-state index is 12.8. The van der Waals surface area contributed by atoms with Gasteiger partial charge in [-0.05, 0) is 61.1 Å². The van der Waals surface area contributed by atoms with Crippen LogP contribution in [0.5, 0.6) is 0 Å². The molecular formula is C21H24N4O3. The van der Waals surface area contributed by atoms with Gasteiger partial charge in [-0.3, -0.25) is 9.88 Å². The van der Waals surface area contributed by atoms with Crippen molar-refractivity contribution in [3.63, 3.8) is 0 Å². The number of anilines is 2. The van der Waals surface area contributed by atoms with E-state index in [9.17, 15) is 9.59 Å². The number of hydrogen-bond donors (Lipinski definition) is 1. The highest BCUT2D eigenvalue weighted by Crippen LogP contribution is 2.29. The van der Waals surface area contributed by atoms with E-state index >= 15 is 0 Å². The molecule has 1 aromatic heterocycles. The van der Waals surface area contributed by atoms with E-state index in [1.807, 2.05) is 42.4 Å². The highest BCUT2D eigenvalue weighted by Gasteiger charge is 2.26. The number of nitrogens with zero attached hydrogens (tertiary/aromatic N) is 3. The molecule has 0 saturated carbocycles. The summed E-state index contributed by atoms with van der Waals surface area (Å²) in [7, 11) is 0. The topological polar surface area (TPSA) is 74.8 Å². The number of cyclic esters (lactones) is 1. The van der Waals surface area contributed by atoms with Gasteiger partial charge < -0.3 is 15.0 Å². The Morgan fingerprint density at radius 2 is 1.89 bits per heavy atom. The molecule has 2 aliphatic rings. The lowest BCUT2D eigenvalue weighted by Gasteiger charge is -2.32. The molecular weight excluding hydrogens is 356 g/mol. The van der Waals surface area contributed by atoms with Gasteiger partial charge in [0.1, 0.15) is 6.61 Å². The third kappa shape index (κ3) is 3.78. The van der Waals surface area contributed by atoms with Crippen molar-refractivity contribution >= 4 is 23.5 Å². The molecule has 3 heterocycles. The minimum Gasteiger partial charge on any atom is -0.447 e. The van der Waals surface area contributed by atoms with E-state index in [0.29, 0.717) is 19.1 Å². The summed E-state index contributed by atoms with van der Waals surface area (Å²) in [5.74, 6) is 0.471. The number of carbonyl (C=O) groups is 2. The molecule has 7 heteroatoms. The summed E-state index contributed by atoms with van der Waals surface area (Å²) in [6, 6.07) is 9.63. The number of hydrogen-bond acceptors (Lipinski definition) is 4. The van der Waals surface area contributed by atoms with Crippen molar-refractivity contribution in [2.45, 2.75) is 25.7 Å². The smallest absolute Gasteiger partial charge is 0.414 e. The van der Waals surface area contributed by atoms with Crippen LogP contribution in [0.3, 0.4) is 0 Å². The lowest BCUT2D eigenvalue weighted by atomic mass is 9.90. The van der Waals surface area contributed by atoms with Gasteiger partial charge in [0.2, 0.25) is 0 Å². The van der Waals surface area contributed by atoms with E-state index in [-0.39, 0.29) is 12.1 Å². The number of rotatable bonds is 3. The molecule has 146 valence electrons. The SMILES string of the molecule is Cc1ccc(N2CCOC2=O)cc1NC(=O)N1CCC(c2ccncc2)CC1. The Morgan fingerprint density at radius 1 is 1.14 bits per heavy atom. The molecule has 28 heavy (non-hydrogen) atoms. The molecule has 4 rings (SSSR count). The molecule has 0 bridgehead atoms. The van der Waals surface area contributed by atoms with Crippen LogP contribution in [0.15, 0.2) is 42.7 Å². The second-order valence-electron chi connectivity index (χ2n) is 7.24. The van der Waals surface area contributed by atoms with E-state index < -0.39 is 0 Å². The van der Waals surface area contributed by atoms with Crippen molar-refractivity contribution in [3.8, 4) is 0 Å². The van der Waals surface area contributed by atoms with Crippen LogP contribution >= 0.6 is 0 Å². The number of likely N-dealkylation sites (tertiary alicyclic amines) is 1. The first-order valence-electron chi connectivity index (χ1n) is 9.62. The van der Waals surface area contributed by atoms with Crippen molar-refractivity contribution < 1.29 is 14.3 Å². The van der Waals surface area contributed by atoms with Crippen LogP contribution in [-0.2, 0) is 4.74 Å². The Hall–Kier alpha value is -3.09. The summed E-state index contributed by atoms with van der Waals surface area (Å²) in [4.78, 5) is 32.1. The quantitative estimate of drug-likeness (QED) is 0.880. The molecule has 0 spiro atoms. The van der Waals surface area contributed by atoms with Crippen LogP contribution in [0, 0.1) is 6.92 Å². The minimum absolute atomic E-state index is 0.0996. The second-order valence-corrected chi connectivity index (χ2v) is 7.24. The van der Waals surface area contributed by atoms with Gasteiger partial charge in [-0.1, -0.05) is 6.07 Å². The molecule has 2 fully saturated rings. The number of benzene rings is 1. The van der Waals surface area contributed by atoms with E-state index in [1.54, 1.807) is 4.90 Å². The van der Waals surface area contributed by atoms with Gasteiger partial charge in [0.25, 0.3) is 0 Å². The molecule has 1 N–H and O–H groups in total. The number of urea groups is 1. The van der Waals surface area contributed by atoms with Crippen molar-refractivity contribution in [2.75, 3.05) is 36.5 Å². The number of pyridine rings is 1. The molecule has 0 atom stereocenters. The summed E-state index contributed by atoms with van der Waals surface area (Å²) >= 11 is 0. The molecule has 2 aromatic rings. The maximum absolute atomic E-state index is 12.8. The number of piperidine rings is 1. The molecule has 0 unspecified atom stereocenters. The Bertz CT molecular complexity index is 863. The predicted molar refractivity (Wildman–Crippen MR) is 107 cm³/mol. The predicted octanol–water partition coefficient (Wildman–Crippen LogP) is 3.76. The fourth-order valence-electron chi connectivity index (χ4n) is 3.79. The number of carbonyl (C=O) groups excluding carboxylic acids is 2. The second kappa shape index (κ2) is 7.88. The zero-order valence-corrected chi connectivity index (χ0v) is 15.9. The van der Waals surface area contributed by atoms with E-state index in [2.05, 4.69) is 22.4 Å². The first-order chi connectivity index (χ1) is 13.6. The lowest BCUT2D eigenvalue weighted by molar-refractivity contribution is 0.181. The standard InChI is InChI=1S/C21H24N4O3/c1-15-2-3-18(25-12-13-28-21(25)27)14-19(15)23-20(26)24-10-6-17(7-11-24)16-4-8-22-9-5-16/h2-5,8-9,14,17H,6-7,10-13H2,1H3,(H,23,26). The normalized spacial score (nSPS) is 17.5. The highest BCUT2D eigenvalue weighted by molar-refractivity contribution is 5.93. The van der Waals surface area contributed by atoms with Gasteiger partial charge in [0.05, 0.1) is 6.54 Å². The molecule has 2 aliphatic heterocycles. The molecule has 3 amide bonds. The maximum Gasteiger partial charge on any atom is 0.414 e. The largest absolute Gasteiger partial charge is 0.447 e. The third-order valence-corrected chi connectivity index (χ3v) is 5.49. The number of amides is 3. The average molecular weight is 380 g/mol. The first kappa shape index (κ1) is 18.3. The van der Waals surface area contributed by atoms with E-state index in [1.165, 1.54) is 5.56 Å². The van der Waals surface area contributed by atoms with Crippen molar-refractivity contribution in [1.82, 2.24) is 9.88 Å². The monoisotopic (exact) mass is 380 g/mol. The van der Waals surface area contributed by atoms with E-state index in [4.69, 9.17) is 4.74 Å². The van der Waals surface area contributed by atoms with E-state index in [0.717, 1.165) is 42.9 Å². The lowest BCUT2D eigenvalue weighted by Crippen LogP contribution is -2.40. The summed E-state index contributed by atoms with van der Waals surface area (Å²) in [5.41, 5.74) is 3.70. The molecule has 0 radical (unpaired) electrons. The summed E-state index contributed by atoms with van der Waals surface area (Å²) in [5, 5.41) is 3.01. The Labute approximate surface area is 164 Å². The highest BCUT2D eigenvalue weighted by atomic mass is 16.6. The molecule has 0 aliphatic carbocycles. The van der Waals surface area contributed by atoms with Gasteiger partial charge in [0, 0.05) is 36.9 Å².